The molecule has 0 aromatic carbocycles. The molecule has 0 fully saturated rings. The van der Waals surface area contributed by atoms with Crippen molar-refractivity contribution < 1.29 is 0 Å². The molecule has 1 radical (unpaired) electrons. The van der Waals surface area contributed by atoms with E-state index in [0.29, 0.717) is 0 Å². The van der Waals surface area contributed by atoms with Crippen LogP contribution in [0.15, 0.2) is 0 Å². The summed E-state index contributed by atoms with van der Waals surface area (Å²) in [6.45, 7) is 0. The molecule has 0 spiro atoms. The van der Waals surface area contributed by atoms with Gasteiger partial charge in [0.25, 0.3) is 0 Å². The number of hydrogen-bond acceptors (Lipinski definition) is 0. The molecule has 0 aliphatic rings. The molecule has 0 bridgehead atoms. The summed E-state index contributed by atoms with van der Waals surface area (Å²) >= 11 is 14.6. The van der Waals surface area contributed by atoms with Gasteiger partial charge in [-0.25, -0.2) is 0 Å². The van der Waals surface area contributed by atoms with Crippen molar-refractivity contribution in [1.82, 2.24) is 0 Å². The molecule has 0 saturated heterocycles. The summed E-state index contributed by atoms with van der Waals surface area (Å²) in [5, 5.41) is 1.60. The van der Waals surface area contributed by atoms with Crippen molar-refractivity contribution in [3.8, 4) is 0 Å². The van der Waals surface area contributed by atoms with Gasteiger partial charge in [-0.3, -0.25) is 0 Å². The maximum absolute atomic E-state index is 5.45. The van der Waals surface area contributed by atoms with Crippen molar-refractivity contribution in [2.75, 3.05) is 0 Å². The summed E-state index contributed by atoms with van der Waals surface area (Å²) in [6.07, 6.45) is 0. The van der Waals surface area contributed by atoms with E-state index in [-0.39, 0.29) is 0 Å². The van der Waals surface area contributed by atoms with E-state index >= 15 is 0 Å². The van der Waals surface area contributed by atoms with Crippen LogP contribution in [0.5, 0.6) is 0 Å². The Morgan fingerprint density at radius 3 is 1.67 bits per heavy atom. The minimum Gasteiger partial charge on any atom is -0.0927 e. The van der Waals surface area contributed by atoms with Crippen molar-refractivity contribution in [1.29, 1.82) is 0 Å². The molecule has 0 N–H and O–H groups in total. The van der Waals surface area contributed by atoms with Gasteiger partial charge in [0.2, 0.25) is 0 Å². The predicted octanol–water partition coefficient (Wildman–Crippen LogP) is 3.23. The standard InChI is InChI=1S/C2HBr3Cl/c3-1-2(4,5)6/h1H. The highest BCUT2D eigenvalue weighted by atomic mass is 79.9. The SMILES string of the molecule is ClC(Br)(Br)[CH]Br. The molecule has 0 aromatic rings. The van der Waals surface area contributed by atoms with Gasteiger partial charge in [0.05, 0.1) is 5.33 Å². The molecule has 0 rings (SSSR count). The average molecular weight is 300 g/mol. The van der Waals surface area contributed by atoms with Crippen molar-refractivity contribution in [2.24, 2.45) is 0 Å². The second-order valence-electron chi connectivity index (χ2n) is 0.651. The van der Waals surface area contributed by atoms with Gasteiger partial charge >= 0.3 is 0 Å². The molecule has 37 valence electrons. The number of alkyl halides is 3. The lowest BCUT2D eigenvalue weighted by molar-refractivity contribution is 1.57. The summed E-state index contributed by atoms with van der Waals surface area (Å²) < 4.78 is -0.569. The second-order valence-corrected chi connectivity index (χ2v) is 6.18. The summed E-state index contributed by atoms with van der Waals surface area (Å²) in [5.41, 5.74) is 0. The molecule has 0 nitrogen and oxygen atoms in total. The zero-order valence-electron chi connectivity index (χ0n) is 2.59. The zero-order chi connectivity index (χ0) is 5.21. The highest BCUT2D eigenvalue weighted by Gasteiger charge is 2.14. The van der Waals surface area contributed by atoms with E-state index in [1.54, 1.807) is 5.33 Å². The fourth-order valence-electron chi connectivity index (χ4n) is 0. The number of hydrogen-bond donors (Lipinski definition) is 0. The van der Waals surface area contributed by atoms with E-state index in [0.717, 1.165) is 0 Å². The Bertz CT molecular complexity index is 38.5. The van der Waals surface area contributed by atoms with Crippen LogP contribution < -0.4 is 0 Å². The molecule has 0 aromatic heterocycles. The first-order chi connectivity index (χ1) is 2.56. The molecule has 0 aliphatic heterocycles. The molecule has 4 heteroatoms. The van der Waals surface area contributed by atoms with E-state index in [9.17, 15) is 0 Å². The molecule has 0 atom stereocenters. The third-order valence-electron chi connectivity index (χ3n) is 0.124. The van der Waals surface area contributed by atoms with Gasteiger partial charge in [0.1, 0.15) is 0 Å². The monoisotopic (exact) mass is 297 g/mol. The van der Waals surface area contributed by atoms with Crippen LogP contribution in [0, 0.1) is 5.33 Å². The zero-order valence-corrected chi connectivity index (χ0v) is 8.10. The third-order valence-corrected chi connectivity index (χ3v) is 2.87. The van der Waals surface area contributed by atoms with Gasteiger partial charge in [-0.15, -0.1) is 0 Å². The first kappa shape index (κ1) is 7.73. The lowest BCUT2D eigenvalue weighted by Crippen LogP contribution is -1.92. The Balaban J connectivity index is 3.17. The van der Waals surface area contributed by atoms with E-state index in [4.69, 9.17) is 11.6 Å². The number of rotatable bonds is 1. The Morgan fingerprint density at radius 1 is 1.50 bits per heavy atom. The molecular weight excluding hydrogens is 299 g/mol. The predicted molar refractivity (Wildman–Crippen MR) is 39.7 cm³/mol. The molecule has 0 unspecified atom stereocenters. The van der Waals surface area contributed by atoms with E-state index in [1.807, 2.05) is 0 Å². The minimum atomic E-state index is -0.569. The van der Waals surface area contributed by atoms with Crippen LogP contribution in [-0.4, -0.2) is 2.69 Å². The van der Waals surface area contributed by atoms with Gasteiger partial charge in [-0.05, 0) is 0 Å². The largest absolute Gasteiger partial charge is 0.167 e. The summed E-state index contributed by atoms with van der Waals surface area (Å²) in [7, 11) is 0. The molecule has 0 aliphatic carbocycles. The van der Waals surface area contributed by atoms with Crippen molar-refractivity contribution in [3.05, 3.63) is 5.33 Å². The first-order valence-corrected chi connectivity index (χ1v) is 3.95. The summed E-state index contributed by atoms with van der Waals surface area (Å²) in [6, 6.07) is 0. The fraction of sp³-hybridized carbons (Fsp3) is 0.500. The van der Waals surface area contributed by atoms with Crippen LogP contribution in [0.4, 0.5) is 0 Å². The van der Waals surface area contributed by atoms with Crippen LogP contribution in [0.3, 0.4) is 0 Å². The maximum atomic E-state index is 5.45. The van der Waals surface area contributed by atoms with Crippen LogP contribution in [-0.2, 0) is 0 Å². The maximum Gasteiger partial charge on any atom is 0.167 e. The lowest BCUT2D eigenvalue weighted by Gasteiger charge is -2.01. The van der Waals surface area contributed by atoms with Crippen molar-refractivity contribution >= 4 is 59.4 Å². The molecule has 0 saturated carbocycles. The van der Waals surface area contributed by atoms with E-state index in [1.165, 1.54) is 0 Å². The van der Waals surface area contributed by atoms with Gasteiger partial charge in [0.15, 0.2) is 2.69 Å². The van der Waals surface area contributed by atoms with E-state index in [2.05, 4.69) is 47.8 Å². The van der Waals surface area contributed by atoms with Crippen LogP contribution in [0.25, 0.3) is 0 Å². The average Bonchev–Trinajstić information content (AvgIpc) is 1.35. The minimum absolute atomic E-state index is 0.569. The van der Waals surface area contributed by atoms with Crippen molar-refractivity contribution in [2.45, 2.75) is 2.69 Å². The van der Waals surface area contributed by atoms with Crippen LogP contribution >= 0.6 is 59.4 Å². The Labute approximate surface area is 67.0 Å². The molecule has 0 heterocycles. The van der Waals surface area contributed by atoms with Crippen LogP contribution in [0.2, 0.25) is 0 Å². The summed E-state index contributed by atoms with van der Waals surface area (Å²) in [4.78, 5) is 0. The second kappa shape index (κ2) is 2.90. The number of halogens is 4. The summed E-state index contributed by atoms with van der Waals surface area (Å²) in [5.74, 6) is 0. The topological polar surface area (TPSA) is 0 Å². The van der Waals surface area contributed by atoms with E-state index < -0.39 is 2.69 Å². The van der Waals surface area contributed by atoms with Gasteiger partial charge in [-0.1, -0.05) is 59.4 Å². The Kier molecular flexibility index (Phi) is 3.74. The highest BCUT2D eigenvalue weighted by Crippen LogP contribution is 2.35. The smallest absolute Gasteiger partial charge is 0.0927 e. The quantitative estimate of drug-likeness (QED) is 0.652. The Morgan fingerprint density at radius 2 is 1.67 bits per heavy atom. The molecule has 0 amide bonds. The first-order valence-electron chi connectivity index (χ1n) is 1.07. The molecule has 6 heavy (non-hydrogen) atoms. The normalized spacial score (nSPS) is 12.0. The lowest BCUT2D eigenvalue weighted by atomic mass is 11.0. The fourth-order valence-corrected chi connectivity index (χ4v) is 0. The van der Waals surface area contributed by atoms with Crippen LogP contribution in [0.1, 0.15) is 0 Å². The highest BCUT2D eigenvalue weighted by molar-refractivity contribution is 9.27. The van der Waals surface area contributed by atoms with Gasteiger partial charge in [0, 0.05) is 0 Å². The third kappa shape index (κ3) is 5.73. The van der Waals surface area contributed by atoms with Gasteiger partial charge < -0.3 is 0 Å². The van der Waals surface area contributed by atoms with Crippen molar-refractivity contribution in [3.63, 3.8) is 0 Å². The van der Waals surface area contributed by atoms with Gasteiger partial charge in [-0.2, -0.15) is 0 Å². The Hall–Kier alpha value is 1.73. The molecular formula is C2HBr3Cl.